The van der Waals surface area contributed by atoms with E-state index in [2.05, 4.69) is 12.1 Å². The molecule has 0 atom stereocenters. The summed E-state index contributed by atoms with van der Waals surface area (Å²) in [5, 5.41) is 23.7. The van der Waals surface area contributed by atoms with E-state index in [0.29, 0.717) is 48.0 Å². The normalized spacial score (nSPS) is 10.8. The lowest BCUT2D eigenvalue weighted by Crippen LogP contribution is -2.08. The molecule has 8 nitrogen and oxygen atoms in total. The first-order valence-electron chi connectivity index (χ1n) is 12.6. The summed E-state index contributed by atoms with van der Waals surface area (Å²) >= 11 is 0. The maximum Gasteiger partial charge on any atom is 0.339 e. The highest BCUT2D eigenvalue weighted by molar-refractivity contribution is 5.91. The predicted octanol–water partition coefficient (Wildman–Crippen LogP) is 6.90. The average Bonchev–Trinajstić information content (AvgIpc) is 3.45. The third kappa shape index (κ3) is 6.26. The summed E-state index contributed by atoms with van der Waals surface area (Å²) in [5.41, 5.74) is 3.31. The van der Waals surface area contributed by atoms with Gasteiger partial charge in [-0.15, -0.1) is 0 Å². The molecule has 2 N–H and O–H groups in total. The molecule has 1 aromatic heterocycles. The third-order valence-electron chi connectivity index (χ3n) is 6.03. The number of carboxylic acids is 1. The molecule has 0 saturated heterocycles. The van der Waals surface area contributed by atoms with E-state index < -0.39 is 5.97 Å². The minimum Gasteiger partial charge on any atom is -0.507 e. The van der Waals surface area contributed by atoms with E-state index >= 15 is 0 Å². The van der Waals surface area contributed by atoms with Crippen LogP contribution in [-0.2, 0) is 12.8 Å². The van der Waals surface area contributed by atoms with Crippen molar-refractivity contribution in [2.24, 2.45) is 0 Å². The van der Waals surface area contributed by atoms with Crippen molar-refractivity contribution in [3.8, 4) is 39.9 Å². The number of carbonyl (C=O) groups is 1. The minimum absolute atomic E-state index is 0.0992. The van der Waals surface area contributed by atoms with Gasteiger partial charge in [0.05, 0.1) is 19.4 Å². The number of nitrogens with zero attached hydrogens (tertiary/aromatic N) is 1. The lowest BCUT2D eigenvalue weighted by Gasteiger charge is -2.17. The standard InChI is InChI=1S/C30H31NO7/c1-3-9-22-26(12-7-13-27(22)38-28-11-6-5-10-23(28)30(33)34)35-14-8-15-36-29-17-25(32)24(16-20(29)4-2)21-18-31-37-19-21/h5-7,10-13,16-19,32H,3-4,8-9,14-15H2,1-2H3,(H,33,34). The molecule has 8 heteroatoms. The Labute approximate surface area is 221 Å². The number of hydrogen-bond acceptors (Lipinski definition) is 7. The Kier molecular flexibility index (Phi) is 8.87. The Morgan fingerprint density at radius 3 is 2.39 bits per heavy atom. The molecule has 4 rings (SSSR count). The van der Waals surface area contributed by atoms with Crippen LogP contribution in [-0.4, -0.2) is 34.6 Å². The van der Waals surface area contributed by atoms with E-state index in [9.17, 15) is 15.0 Å². The van der Waals surface area contributed by atoms with E-state index in [-0.39, 0.29) is 17.1 Å². The van der Waals surface area contributed by atoms with Crippen molar-refractivity contribution in [1.82, 2.24) is 5.16 Å². The summed E-state index contributed by atoms with van der Waals surface area (Å²) in [6.07, 6.45) is 6.00. The highest BCUT2D eigenvalue weighted by atomic mass is 16.5. The van der Waals surface area contributed by atoms with Crippen LogP contribution in [0.5, 0.6) is 28.7 Å². The SMILES string of the molecule is CCCc1c(OCCCOc2cc(O)c(-c3cnoc3)cc2CC)cccc1Oc1ccccc1C(=O)O. The summed E-state index contributed by atoms with van der Waals surface area (Å²) in [5.74, 6) is 1.24. The van der Waals surface area contributed by atoms with Gasteiger partial charge in [0.2, 0.25) is 0 Å². The van der Waals surface area contributed by atoms with Gasteiger partial charge in [0.1, 0.15) is 40.6 Å². The quantitative estimate of drug-likeness (QED) is 0.184. The zero-order valence-electron chi connectivity index (χ0n) is 21.5. The first kappa shape index (κ1) is 26.6. The van der Waals surface area contributed by atoms with Crippen LogP contribution in [0.2, 0.25) is 0 Å². The number of aromatic carboxylic acids is 1. The highest BCUT2D eigenvalue weighted by Crippen LogP contribution is 2.36. The molecule has 3 aromatic carbocycles. The fourth-order valence-corrected chi connectivity index (χ4v) is 4.14. The fraction of sp³-hybridized carbons (Fsp3) is 0.267. The predicted molar refractivity (Wildman–Crippen MR) is 143 cm³/mol. The summed E-state index contributed by atoms with van der Waals surface area (Å²) in [4.78, 5) is 11.6. The molecular weight excluding hydrogens is 486 g/mol. The van der Waals surface area contributed by atoms with E-state index in [1.807, 2.05) is 31.2 Å². The van der Waals surface area contributed by atoms with Crippen LogP contribution >= 0.6 is 0 Å². The molecule has 0 spiro atoms. The molecule has 0 radical (unpaired) electrons. The van der Waals surface area contributed by atoms with Crippen molar-refractivity contribution < 1.29 is 33.7 Å². The van der Waals surface area contributed by atoms with E-state index in [4.69, 9.17) is 18.7 Å². The van der Waals surface area contributed by atoms with Gasteiger partial charge in [0.25, 0.3) is 0 Å². The maximum atomic E-state index is 11.6. The number of ether oxygens (including phenoxy) is 3. The van der Waals surface area contributed by atoms with Gasteiger partial charge < -0.3 is 28.9 Å². The molecule has 0 aliphatic carbocycles. The van der Waals surface area contributed by atoms with Crippen LogP contribution in [0.4, 0.5) is 0 Å². The molecule has 198 valence electrons. The highest BCUT2D eigenvalue weighted by Gasteiger charge is 2.16. The number of carboxylic acid groups (broad SMARTS) is 1. The van der Waals surface area contributed by atoms with Crippen molar-refractivity contribution in [2.45, 2.75) is 39.5 Å². The second kappa shape index (κ2) is 12.7. The zero-order valence-corrected chi connectivity index (χ0v) is 21.5. The van der Waals surface area contributed by atoms with Crippen molar-refractivity contribution in [1.29, 1.82) is 0 Å². The van der Waals surface area contributed by atoms with Crippen molar-refractivity contribution in [3.05, 3.63) is 83.7 Å². The minimum atomic E-state index is -1.04. The smallest absolute Gasteiger partial charge is 0.339 e. The first-order chi connectivity index (χ1) is 18.5. The molecule has 0 aliphatic rings. The number of phenolic OH excluding ortho intramolecular Hbond substituents is 1. The van der Waals surface area contributed by atoms with Crippen LogP contribution in [0, 0.1) is 0 Å². The van der Waals surface area contributed by atoms with Crippen molar-refractivity contribution in [3.63, 3.8) is 0 Å². The molecular formula is C30H31NO7. The van der Waals surface area contributed by atoms with Gasteiger partial charge in [-0.1, -0.05) is 43.6 Å². The van der Waals surface area contributed by atoms with Crippen LogP contribution in [0.3, 0.4) is 0 Å². The number of aromatic nitrogens is 1. The largest absolute Gasteiger partial charge is 0.507 e. The van der Waals surface area contributed by atoms with Gasteiger partial charge in [0, 0.05) is 29.2 Å². The van der Waals surface area contributed by atoms with Crippen molar-refractivity contribution >= 4 is 5.97 Å². The molecule has 0 unspecified atom stereocenters. The van der Waals surface area contributed by atoms with Crippen LogP contribution < -0.4 is 14.2 Å². The molecule has 1 heterocycles. The van der Waals surface area contributed by atoms with E-state index in [1.165, 1.54) is 12.3 Å². The van der Waals surface area contributed by atoms with Crippen LogP contribution in [0.25, 0.3) is 11.1 Å². The van der Waals surface area contributed by atoms with Crippen LogP contribution in [0.1, 0.15) is 48.2 Å². The van der Waals surface area contributed by atoms with Gasteiger partial charge >= 0.3 is 5.97 Å². The van der Waals surface area contributed by atoms with Crippen LogP contribution in [0.15, 0.2) is 71.6 Å². The number of aryl methyl sites for hydroxylation is 1. The number of hydrogen-bond donors (Lipinski definition) is 2. The lowest BCUT2D eigenvalue weighted by atomic mass is 10.0. The third-order valence-corrected chi connectivity index (χ3v) is 6.03. The summed E-state index contributed by atoms with van der Waals surface area (Å²) in [6, 6.07) is 15.6. The molecule has 0 amide bonds. The van der Waals surface area contributed by atoms with Gasteiger partial charge in [-0.3, -0.25) is 0 Å². The summed E-state index contributed by atoms with van der Waals surface area (Å²) in [6.45, 7) is 4.91. The Hall–Kier alpha value is -4.46. The Bertz CT molecular complexity index is 1370. The summed E-state index contributed by atoms with van der Waals surface area (Å²) in [7, 11) is 0. The molecule has 4 aromatic rings. The molecule has 0 aliphatic heterocycles. The second-order valence-electron chi connectivity index (χ2n) is 8.68. The number of rotatable bonds is 13. The number of para-hydroxylation sites is 1. The molecule has 0 fully saturated rings. The molecule has 0 bridgehead atoms. The van der Waals surface area contributed by atoms with Crippen molar-refractivity contribution in [2.75, 3.05) is 13.2 Å². The Morgan fingerprint density at radius 1 is 0.947 bits per heavy atom. The van der Waals surface area contributed by atoms with Gasteiger partial charge in [-0.05, 0) is 48.7 Å². The average molecular weight is 518 g/mol. The number of aromatic hydroxyl groups is 1. The second-order valence-corrected chi connectivity index (χ2v) is 8.68. The molecule has 38 heavy (non-hydrogen) atoms. The lowest BCUT2D eigenvalue weighted by molar-refractivity contribution is 0.0694. The Balaban J connectivity index is 1.39. The van der Waals surface area contributed by atoms with Gasteiger partial charge in [-0.2, -0.15) is 0 Å². The van der Waals surface area contributed by atoms with E-state index in [1.54, 1.807) is 30.5 Å². The van der Waals surface area contributed by atoms with E-state index in [0.717, 1.165) is 30.4 Å². The maximum absolute atomic E-state index is 11.6. The number of benzene rings is 3. The topological polar surface area (TPSA) is 111 Å². The van der Waals surface area contributed by atoms with Gasteiger partial charge in [0.15, 0.2) is 0 Å². The molecule has 0 saturated carbocycles. The monoisotopic (exact) mass is 517 g/mol. The van der Waals surface area contributed by atoms with Gasteiger partial charge in [-0.25, -0.2) is 4.79 Å². The Morgan fingerprint density at radius 2 is 1.68 bits per heavy atom. The summed E-state index contributed by atoms with van der Waals surface area (Å²) < 4.78 is 23.0. The zero-order chi connectivity index (χ0) is 26.9. The fourth-order valence-electron chi connectivity index (χ4n) is 4.14. The first-order valence-corrected chi connectivity index (χ1v) is 12.6. The number of phenols is 1.